The maximum Gasteiger partial charge on any atom is 0.224 e. The first kappa shape index (κ1) is 16.3. The van der Waals surface area contributed by atoms with E-state index in [-0.39, 0.29) is 24.2 Å². The van der Waals surface area contributed by atoms with Crippen LogP contribution >= 0.6 is 12.4 Å². The lowest BCUT2D eigenvalue weighted by molar-refractivity contribution is -0.123. The monoisotopic (exact) mass is 334 g/mol. The zero-order chi connectivity index (χ0) is 15.2. The Kier molecular flexibility index (Phi) is 4.34. The van der Waals surface area contributed by atoms with E-state index in [1.165, 1.54) is 5.56 Å². The van der Waals surface area contributed by atoms with Crippen LogP contribution in [0.15, 0.2) is 18.2 Å². The topological polar surface area (TPSA) is 69.8 Å². The Balaban J connectivity index is 0.00000156. The molecule has 1 aliphatic carbocycles. The van der Waals surface area contributed by atoms with Gasteiger partial charge in [0.25, 0.3) is 0 Å². The molecule has 2 aliphatic rings. The van der Waals surface area contributed by atoms with E-state index in [0.717, 1.165) is 49.2 Å². The van der Waals surface area contributed by atoms with Gasteiger partial charge in [-0.1, -0.05) is 6.07 Å². The number of hydrogen-bond acceptors (Lipinski definition) is 3. The number of aryl methyl sites for hydroxylation is 1. The van der Waals surface area contributed by atoms with E-state index in [0.29, 0.717) is 12.0 Å². The van der Waals surface area contributed by atoms with Gasteiger partial charge in [-0.3, -0.25) is 4.79 Å². The minimum absolute atomic E-state index is 0. The molecular formula is C17H23ClN4O. The molecule has 0 bridgehead atoms. The molecule has 1 saturated carbocycles. The Morgan fingerprint density at radius 3 is 2.96 bits per heavy atom. The van der Waals surface area contributed by atoms with Gasteiger partial charge in [0.05, 0.1) is 17.6 Å². The number of nitrogens with zero attached hydrogens (tertiary/aromatic N) is 1. The van der Waals surface area contributed by atoms with E-state index in [4.69, 9.17) is 0 Å². The number of nitrogens with one attached hydrogen (secondary N) is 3. The Hall–Kier alpha value is -1.59. The fraction of sp³-hybridized carbons (Fsp3) is 0.529. The molecule has 1 spiro atoms. The van der Waals surface area contributed by atoms with Gasteiger partial charge in [0.2, 0.25) is 5.91 Å². The molecule has 2 aromatic rings. The molecule has 3 N–H and O–H groups in total. The second-order valence-electron chi connectivity index (χ2n) is 6.79. The van der Waals surface area contributed by atoms with E-state index in [1.54, 1.807) is 0 Å². The van der Waals surface area contributed by atoms with Gasteiger partial charge in [-0.2, -0.15) is 0 Å². The minimum atomic E-state index is 0. The third-order valence-electron chi connectivity index (χ3n) is 5.22. The highest BCUT2D eigenvalue weighted by Gasteiger charge is 2.57. The van der Waals surface area contributed by atoms with Crippen LogP contribution in [0.25, 0.3) is 11.0 Å². The molecular weight excluding hydrogens is 312 g/mol. The van der Waals surface area contributed by atoms with Crippen LogP contribution in [0.5, 0.6) is 0 Å². The van der Waals surface area contributed by atoms with Crippen LogP contribution in [0.4, 0.5) is 0 Å². The van der Waals surface area contributed by atoms with Gasteiger partial charge in [-0.25, -0.2) is 4.98 Å². The third kappa shape index (κ3) is 3.08. The number of hydrogen-bond donors (Lipinski definition) is 3. The van der Waals surface area contributed by atoms with Gasteiger partial charge in [0.15, 0.2) is 0 Å². The van der Waals surface area contributed by atoms with Crippen molar-refractivity contribution in [3.8, 4) is 0 Å². The van der Waals surface area contributed by atoms with Crippen molar-refractivity contribution in [3.63, 3.8) is 0 Å². The first-order chi connectivity index (χ1) is 10.7. The highest BCUT2D eigenvalue weighted by molar-refractivity contribution is 5.85. The number of carbonyl (C=O) groups excluding carboxylic acids is 1. The highest BCUT2D eigenvalue weighted by Crippen LogP contribution is 2.58. The lowest BCUT2D eigenvalue weighted by Crippen LogP contribution is -2.33. The molecule has 1 aliphatic heterocycles. The maximum atomic E-state index is 12.3. The van der Waals surface area contributed by atoms with Crippen LogP contribution in [0.1, 0.15) is 30.7 Å². The van der Waals surface area contributed by atoms with E-state index >= 15 is 0 Å². The van der Waals surface area contributed by atoms with Crippen LogP contribution < -0.4 is 10.6 Å². The number of amides is 1. The van der Waals surface area contributed by atoms with E-state index in [1.807, 2.05) is 6.07 Å². The van der Waals surface area contributed by atoms with E-state index in [9.17, 15) is 4.79 Å². The summed E-state index contributed by atoms with van der Waals surface area (Å²) in [6.45, 7) is 4.64. The summed E-state index contributed by atoms with van der Waals surface area (Å²) in [5.74, 6) is 1.23. The number of aromatic nitrogens is 2. The lowest BCUT2D eigenvalue weighted by atomic mass is 9.92. The van der Waals surface area contributed by atoms with E-state index < -0.39 is 0 Å². The molecule has 1 saturated heterocycles. The number of rotatable bonds is 3. The number of halogens is 1. The number of benzene rings is 1. The average Bonchev–Trinajstić information content (AvgIpc) is 3.05. The summed E-state index contributed by atoms with van der Waals surface area (Å²) < 4.78 is 0. The van der Waals surface area contributed by atoms with Crippen LogP contribution in [0, 0.1) is 18.3 Å². The molecule has 4 rings (SSSR count). The maximum absolute atomic E-state index is 12.3. The molecule has 5 nitrogen and oxygen atoms in total. The van der Waals surface area contributed by atoms with Crippen molar-refractivity contribution in [2.75, 3.05) is 13.1 Å². The van der Waals surface area contributed by atoms with Gasteiger partial charge in [0.1, 0.15) is 5.82 Å². The van der Waals surface area contributed by atoms with E-state index in [2.05, 4.69) is 39.7 Å². The van der Waals surface area contributed by atoms with Crippen molar-refractivity contribution < 1.29 is 4.79 Å². The summed E-state index contributed by atoms with van der Waals surface area (Å²) in [6, 6.07) is 6.15. The summed E-state index contributed by atoms with van der Waals surface area (Å²) in [5, 5.41) is 6.43. The molecule has 1 amide bonds. The number of aromatic amines is 1. The molecule has 0 radical (unpaired) electrons. The van der Waals surface area contributed by atoms with Crippen LogP contribution in [-0.4, -0.2) is 29.0 Å². The minimum Gasteiger partial charge on any atom is -0.349 e. The summed E-state index contributed by atoms with van der Waals surface area (Å²) in [4.78, 5) is 20.2. The Morgan fingerprint density at radius 1 is 1.39 bits per heavy atom. The molecule has 1 unspecified atom stereocenters. The normalized spacial score (nSPS) is 21.9. The highest BCUT2D eigenvalue weighted by atomic mass is 35.5. The SMILES string of the molecule is Cc1ccc2nc(CNC(=O)C3CC34CCNCC4)[nH]c2c1.Cl. The Bertz CT molecular complexity index is 720. The van der Waals surface area contributed by atoms with Gasteiger partial charge >= 0.3 is 0 Å². The van der Waals surface area contributed by atoms with Crippen molar-refractivity contribution >= 4 is 29.3 Å². The van der Waals surface area contributed by atoms with Gasteiger partial charge in [-0.05, 0) is 62.4 Å². The number of fused-ring (bicyclic) bond motifs is 1. The summed E-state index contributed by atoms with van der Waals surface area (Å²) in [7, 11) is 0. The molecule has 6 heteroatoms. The fourth-order valence-electron chi connectivity index (χ4n) is 3.75. The number of piperidine rings is 1. The predicted octanol–water partition coefficient (Wildman–Crippen LogP) is 2.30. The van der Waals surface area contributed by atoms with Crippen molar-refractivity contribution in [2.24, 2.45) is 11.3 Å². The number of imidazole rings is 1. The number of carbonyl (C=O) groups is 1. The Labute approximate surface area is 142 Å². The molecule has 23 heavy (non-hydrogen) atoms. The van der Waals surface area contributed by atoms with Crippen LogP contribution in [0.3, 0.4) is 0 Å². The summed E-state index contributed by atoms with van der Waals surface area (Å²) in [6.07, 6.45) is 3.32. The molecule has 124 valence electrons. The molecule has 2 fully saturated rings. The predicted molar refractivity (Wildman–Crippen MR) is 92.6 cm³/mol. The first-order valence-corrected chi connectivity index (χ1v) is 8.10. The second-order valence-corrected chi connectivity index (χ2v) is 6.79. The molecule has 1 atom stereocenters. The molecule has 2 heterocycles. The van der Waals surface area contributed by atoms with Crippen molar-refractivity contribution in [2.45, 2.75) is 32.7 Å². The molecule has 1 aromatic carbocycles. The summed E-state index contributed by atoms with van der Waals surface area (Å²) in [5.41, 5.74) is 3.49. The zero-order valence-electron chi connectivity index (χ0n) is 13.3. The van der Waals surface area contributed by atoms with Gasteiger partial charge in [0, 0.05) is 5.92 Å². The van der Waals surface area contributed by atoms with Crippen LogP contribution in [0.2, 0.25) is 0 Å². The van der Waals surface area contributed by atoms with Crippen molar-refractivity contribution in [1.29, 1.82) is 0 Å². The van der Waals surface area contributed by atoms with Crippen LogP contribution in [-0.2, 0) is 11.3 Å². The van der Waals surface area contributed by atoms with Gasteiger partial charge < -0.3 is 15.6 Å². The lowest BCUT2D eigenvalue weighted by Gasteiger charge is -2.23. The fourth-order valence-corrected chi connectivity index (χ4v) is 3.75. The quantitative estimate of drug-likeness (QED) is 0.806. The summed E-state index contributed by atoms with van der Waals surface area (Å²) >= 11 is 0. The standard InChI is InChI=1S/C17H22N4O.ClH/c1-11-2-3-13-14(8-11)21-15(20-13)10-19-16(22)12-9-17(12)4-6-18-7-5-17;/h2-3,8,12,18H,4-7,9-10H2,1H3,(H,19,22)(H,20,21);1H. The third-order valence-corrected chi connectivity index (χ3v) is 5.22. The number of H-pyrrole nitrogens is 1. The zero-order valence-corrected chi connectivity index (χ0v) is 14.1. The van der Waals surface area contributed by atoms with Crippen molar-refractivity contribution in [1.82, 2.24) is 20.6 Å². The second kappa shape index (κ2) is 6.13. The largest absolute Gasteiger partial charge is 0.349 e. The Morgan fingerprint density at radius 2 is 2.17 bits per heavy atom. The van der Waals surface area contributed by atoms with Crippen molar-refractivity contribution in [3.05, 3.63) is 29.6 Å². The molecule has 1 aromatic heterocycles. The average molecular weight is 335 g/mol. The van der Waals surface area contributed by atoms with Gasteiger partial charge in [-0.15, -0.1) is 12.4 Å². The first-order valence-electron chi connectivity index (χ1n) is 8.10. The smallest absolute Gasteiger partial charge is 0.224 e.